The van der Waals surface area contributed by atoms with Gasteiger partial charge in [0, 0.05) is 27.3 Å². The SMILES string of the molecule is N=C(N)c1ccc(SCC2CCCO2)c(Br)c1. The average Bonchev–Trinajstić information content (AvgIpc) is 2.80. The number of nitrogen functional groups attached to an aromatic ring is 1. The van der Waals surface area contributed by atoms with E-state index in [4.69, 9.17) is 15.9 Å². The molecule has 1 saturated heterocycles. The molecule has 3 N–H and O–H groups in total. The predicted molar refractivity (Wildman–Crippen MR) is 74.9 cm³/mol. The molecule has 1 aromatic rings. The Bertz CT molecular complexity index is 419. The summed E-state index contributed by atoms with van der Waals surface area (Å²) in [5.41, 5.74) is 6.19. The summed E-state index contributed by atoms with van der Waals surface area (Å²) in [5, 5.41) is 7.37. The lowest BCUT2D eigenvalue weighted by atomic mass is 10.2. The van der Waals surface area contributed by atoms with Gasteiger partial charge in [-0.3, -0.25) is 5.41 Å². The van der Waals surface area contributed by atoms with E-state index in [2.05, 4.69) is 15.9 Å². The van der Waals surface area contributed by atoms with E-state index in [0.717, 1.165) is 28.8 Å². The highest BCUT2D eigenvalue weighted by molar-refractivity contribution is 9.10. The molecule has 1 aliphatic rings. The number of ether oxygens (including phenoxy) is 1. The summed E-state index contributed by atoms with van der Waals surface area (Å²) in [6.07, 6.45) is 2.73. The Morgan fingerprint density at radius 2 is 2.41 bits per heavy atom. The monoisotopic (exact) mass is 314 g/mol. The Morgan fingerprint density at radius 1 is 1.59 bits per heavy atom. The van der Waals surface area contributed by atoms with Crippen molar-refractivity contribution in [1.29, 1.82) is 5.41 Å². The minimum absolute atomic E-state index is 0.0985. The van der Waals surface area contributed by atoms with Crippen LogP contribution in [0.15, 0.2) is 27.6 Å². The van der Waals surface area contributed by atoms with E-state index in [1.54, 1.807) is 11.8 Å². The fourth-order valence-electron chi connectivity index (χ4n) is 1.74. The summed E-state index contributed by atoms with van der Waals surface area (Å²) >= 11 is 5.29. The van der Waals surface area contributed by atoms with Gasteiger partial charge in [-0.1, -0.05) is 6.07 Å². The van der Waals surface area contributed by atoms with Gasteiger partial charge in [-0.05, 0) is 40.9 Å². The largest absolute Gasteiger partial charge is 0.384 e. The molecular weight excluding hydrogens is 300 g/mol. The lowest BCUT2D eigenvalue weighted by molar-refractivity contribution is 0.129. The summed E-state index contributed by atoms with van der Waals surface area (Å²) in [5.74, 6) is 1.08. The number of amidine groups is 1. The fourth-order valence-corrected chi connectivity index (χ4v) is 3.46. The van der Waals surface area contributed by atoms with Gasteiger partial charge >= 0.3 is 0 Å². The first-order valence-electron chi connectivity index (χ1n) is 5.55. The molecule has 0 spiro atoms. The molecule has 0 saturated carbocycles. The van der Waals surface area contributed by atoms with Gasteiger partial charge in [0.1, 0.15) is 5.84 Å². The molecule has 0 bridgehead atoms. The van der Waals surface area contributed by atoms with E-state index in [1.807, 2.05) is 18.2 Å². The minimum Gasteiger partial charge on any atom is -0.384 e. The number of hydrogen-bond acceptors (Lipinski definition) is 3. The van der Waals surface area contributed by atoms with Crippen LogP contribution in [0, 0.1) is 5.41 Å². The Hall–Kier alpha value is -0.520. The molecule has 1 unspecified atom stereocenters. The third-order valence-electron chi connectivity index (χ3n) is 2.69. The maximum atomic E-state index is 7.37. The summed E-state index contributed by atoms with van der Waals surface area (Å²) in [6.45, 7) is 0.898. The van der Waals surface area contributed by atoms with Crippen LogP contribution in [0.2, 0.25) is 0 Å². The maximum absolute atomic E-state index is 7.37. The summed E-state index contributed by atoms with van der Waals surface area (Å²) in [7, 11) is 0. The maximum Gasteiger partial charge on any atom is 0.122 e. The molecule has 1 fully saturated rings. The van der Waals surface area contributed by atoms with E-state index in [-0.39, 0.29) is 5.84 Å². The van der Waals surface area contributed by atoms with Crippen molar-refractivity contribution in [1.82, 2.24) is 0 Å². The molecule has 2 rings (SSSR count). The molecule has 0 aromatic heterocycles. The van der Waals surface area contributed by atoms with Crippen LogP contribution in [0.1, 0.15) is 18.4 Å². The highest BCUT2D eigenvalue weighted by Crippen LogP contribution is 2.30. The number of thioether (sulfide) groups is 1. The fraction of sp³-hybridized carbons (Fsp3) is 0.417. The summed E-state index contributed by atoms with van der Waals surface area (Å²) in [4.78, 5) is 1.17. The predicted octanol–water partition coefficient (Wildman–Crippen LogP) is 3.00. The third-order valence-corrected chi connectivity index (χ3v) is 4.82. The highest BCUT2D eigenvalue weighted by Gasteiger charge is 2.16. The number of nitrogens with two attached hydrogens (primary N) is 1. The molecule has 3 nitrogen and oxygen atoms in total. The van der Waals surface area contributed by atoms with Gasteiger partial charge in [-0.2, -0.15) is 0 Å². The Balaban J connectivity index is 1.98. The van der Waals surface area contributed by atoms with Crippen LogP contribution in [-0.4, -0.2) is 24.3 Å². The van der Waals surface area contributed by atoms with Crippen molar-refractivity contribution in [2.24, 2.45) is 5.73 Å². The molecule has 1 heterocycles. The van der Waals surface area contributed by atoms with Crippen LogP contribution in [0.3, 0.4) is 0 Å². The van der Waals surface area contributed by atoms with Gasteiger partial charge in [0.2, 0.25) is 0 Å². The molecule has 17 heavy (non-hydrogen) atoms. The number of nitrogens with one attached hydrogen (secondary N) is 1. The van der Waals surface area contributed by atoms with Gasteiger partial charge in [-0.25, -0.2) is 0 Å². The van der Waals surface area contributed by atoms with Crippen molar-refractivity contribution in [2.75, 3.05) is 12.4 Å². The van der Waals surface area contributed by atoms with E-state index < -0.39 is 0 Å². The standard InChI is InChI=1S/C12H15BrN2OS/c13-10-6-8(12(14)15)3-4-11(10)17-7-9-2-1-5-16-9/h3-4,6,9H,1-2,5,7H2,(H3,14,15). The van der Waals surface area contributed by atoms with Gasteiger partial charge < -0.3 is 10.5 Å². The smallest absolute Gasteiger partial charge is 0.122 e. The first-order chi connectivity index (χ1) is 8.16. The first-order valence-corrected chi connectivity index (χ1v) is 7.33. The molecule has 1 atom stereocenters. The lowest BCUT2D eigenvalue weighted by Crippen LogP contribution is -2.11. The molecule has 1 aliphatic heterocycles. The molecule has 0 radical (unpaired) electrons. The van der Waals surface area contributed by atoms with Crippen molar-refractivity contribution in [3.05, 3.63) is 28.2 Å². The van der Waals surface area contributed by atoms with Crippen LogP contribution in [0.4, 0.5) is 0 Å². The third kappa shape index (κ3) is 3.47. The van der Waals surface area contributed by atoms with E-state index in [1.165, 1.54) is 11.3 Å². The topological polar surface area (TPSA) is 59.1 Å². The molecule has 0 aliphatic carbocycles. The zero-order chi connectivity index (χ0) is 12.3. The van der Waals surface area contributed by atoms with Crippen molar-refractivity contribution in [2.45, 2.75) is 23.8 Å². The number of benzene rings is 1. The Kier molecular flexibility index (Phi) is 4.48. The van der Waals surface area contributed by atoms with Crippen molar-refractivity contribution in [3.8, 4) is 0 Å². The van der Waals surface area contributed by atoms with Crippen LogP contribution in [0.5, 0.6) is 0 Å². The lowest BCUT2D eigenvalue weighted by Gasteiger charge is -2.10. The van der Waals surface area contributed by atoms with Crippen molar-refractivity contribution < 1.29 is 4.74 Å². The number of rotatable bonds is 4. The average molecular weight is 315 g/mol. The second-order valence-corrected chi connectivity index (χ2v) is 5.92. The first kappa shape index (κ1) is 12.9. The summed E-state index contributed by atoms with van der Waals surface area (Å²) < 4.78 is 6.58. The van der Waals surface area contributed by atoms with Gasteiger partial charge in [0.05, 0.1) is 6.10 Å². The van der Waals surface area contributed by atoms with E-state index >= 15 is 0 Å². The minimum atomic E-state index is 0.0985. The molecule has 5 heteroatoms. The zero-order valence-corrected chi connectivity index (χ0v) is 11.8. The normalized spacial score (nSPS) is 19.5. The molecule has 92 valence electrons. The van der Waals surface area contributed by atoms with Crippen LogP contribution in [-0.2, 0) is 4.74 Å². The molecule has 0 amide bonds. The van der Waals surface area contributed by atoms with Crippen LogP contribution in [0.25, 0.3) is 0 Å². The Labute approximate surface area is 114 Å². The van der Waals surface area contributed by atoms with Gasteiger partial charge in [0.15, 0.2) is 0 Å². The number of halogens is 1. The highest BCUT2D eigenvalue weighted by atomic mass is 79.9. The van der Waals surface area contributed by atoms with Crippen molar-refractivity contribution in [3.63, 3.8) is 0 Å². The van der Waals surface area contributed by atoms with Gasteiger partial charge in [-0.15, -0.1) is 11.8 Å². The van der Waals surface area contributed by atoms with E-state index in [9.17, 15) is 0 Å². The quantitative estimate of drug-likeness (QED) is 0.510. The second kappa shape index (κ2) is 5.89. The van der Waals surface area contributed by atoms with Crippen LogP contribution >= 0.6 is 27.7 Å². The molecular formula is C12H15BrN2OS. The summed E-state index contributed by atoms with van der Waals surface area (Å²) in [6, 6.07) is 5.77. The zero-order valence-electron chi connectivity index (χ0n) is 9.41. The van der Waals surface area contributed by atoms with Crippen LogP contribution < -0.4 is 5.73 Å². The van der Waals surface area contributed by atoms with E-state index in [0.29, 0.717) is 6.10 Å². The van der Waals surface area contributed by atoms with Crippen molar-refractivity contribution >= 4 is 33.5 Å². The number of hydrogen-bond donors (Lipinski definition) is 2. The second-order valence-electron chi connectivity index (χ2n) is 4.00. The molecule has 1 aromatic carbocycles. The van der Waals surface area contributed by atoms with Gasteiger partial charge in [0.25, 0.3) is 0 Å². The Morgan fingerprint density at radius 3 is 3.00 bits per heavy atom.